The van der Waals surface area contributed by atoms with Crippen molar-refractivity contribution in [3.8, 4) is 0 Å². The number of carbonyl (C=O) groups excluding carboxylic acids is 1. The first-order valence-electron chi connectivity index (χ1n) is 6.94. The third-order valence-corrected chi connectivity index (χ3v) is 3.26. The number of amides is 1. The fraction of sp³-hybridized carbons (Fsp3) is 0.118. The van der Waals surface area contributed by atoms with Crippen LogP contribution in [0.25, 0.3) is 6.08 Å². The number of hydrogen-bond donors (Lipinski definition) is 1. The van der Waals surface area contributed by atoms with Crippen LogP contribution in [0.2, 0.25) is 0 Å². The summed E-state index contributed by atoms with van der Waals surface area (Å²) in [4.78, 5) is 21.9. The van der Waals surface area contributed by atoms with Gasteiger partial charge in [0.05, 0.1) is 11.0 Å². The van der Waals surface area contributed by atoms with Crippen molar-refractivity contribution >= 4 is 17.7 Å². The minimum absolute atomic E-state index is 0.00321. The summed E-state index contributed by atoms with van der Waals surface area (Å²) in [6.45, 7) is 1.80. The van der Waals surface area contributed by atoms with Gasteiger partial charge in [-0.3, -0.25) is 14.9 Å². The molecule has 0 aliphatic heterocycles. The summed E-state index contributed by atoms with van der Waals surface area (Å²) in [5.74, 6) is -0.634. The Morgan fingerprint density at radius 3 is 2.35 bits per heavy atom. The molecule has 23 heavy (non-hydrogen) atoms. The summed E-state index contributed by atoms with van der Waals surface area (Å²) < 4.78 is 12.9. The molecular weight excluding hydrogens is 299 g/mol. The van der Waals surface area contributed by atoms with Crippen LogP contribution >= 0.6 is 0 Å². The third-order valence-electron chi connectivity index (χ3n) is 3.26. The summed E-state index contributed by atoms with van der Waals surface area (Å²) in [6.07, 6.45) is 2.91. The van der Waals surface area contributed by atoms with Crippen molar-refractivity contribution < 1.29 is 14.1 Å². The molecule has 118 valence electrons. The second kappa shape index (κ2) is 7.31. The minimum atomic E-state index is -0.482. The summed E-state index contributed by atoms with van der Waals surface area (Å²) in [5.41, 5.74) is 1.47. The molecule has 1 N–H and O–H groups in total. The van der Waals surface area contributed by atoms with Crippen LogP contribution in [0.1, 0.15) is 24.1 Å². The molecule has 1 amide bonds. The average molecular weight is 314 g/mol. The summed E-state index contributed by atoms with van der Waals surface area (Å²) in [7, 11) is 0. The van der Waals surface area contributed by atoms with Crippen molar-refractivity contribution in [2.24, 2.45) is 0 Å². The minimum Gasteiger partial charge on any atom is -0.346 e. The molecule has 0 aromatic heterocycles. The second-order valence-corrected chi connectivity index (χ2v) is 4.96. The van der Waals surface area contributed by atoms with Gasteiger partial charge >= 0.3 is 0 Å². The molecule has 0 aliphatic rings. The number of benzene rings is 2. The Bertz CT molecular complexity index is 725. The van der Waals surface area contributed by atoms with Gasteiger partial charge in [0.25, 0.3) is 5.69 Å². The molecule has 0 aliphatic carbocycles. The van der Waals surface area contributed by atoms with E-state index in [1.54, 1.807) is 37.3 Å². The molecule has 2 aromatic rings. The van der Waals surface area contributed by atoms with E-state index in [-0.39, 0.29) is 23.5 Å². The van der Waals surface area contributed by atoms with Gasteiger partial charge in [-0.25, -0.2) is 4.39 Å². The van der Waals surface area contributed by atoms with Gasteiger partial charge in [-0.2, -0.15) is 0 Å². The highest BCUT2D eigenvalue weighted by Crippen LogP contribution is 2.14. The highest BCUT2D eigenvalue weighted by Gasteiger charge is 2.07. The van der Waals surface area contributed by atoms with Gasteiger partial charge < -0.3 is 5.32 Å². The van der Waals surface area contributed by atoms with Crippen molar-refractivity contribution in [1.29, 1.82) is 0 Å². The quantitative estimate of drug-likeness (QED) is 0.520. The molecular formula is C17H15FN2O3. The highest BCUT2D eigenvalue weighted by molar-refractivity contribution is 5.92. The third kappa shape index (κ3) is 4.74. The van der Waals surface area contributed by atoms with Crippen LogP contribution in [0.15, 0.2) is 54.6 Å². The van der Waals surface area contributed by atoms with Crippen LogP contribution in [0.5, 0.6) is 0 Å². The average Bonchev–Trinajstić information content (AvgIpc) is 2.54. The van der Waals surface area contributed by atoms with Crippen LogP contribution in [0.3, 0.4) is 0 Å². The van der Waals surface area contributed by atoms with Crippen molar-refractivity contribution in [3.63, 3.8) is 0 Å². The maximum Gasteiger partial charge on any atom is 0.269 e. The van der Waals surface area contributed by atoms with Crippen LogP contribution in [-0.4, -0.2) is 10.8 Å². The molecule has 0 saturated carbocycles. The van der Waals surface area contributed by atoms with E-state index in [1.165, 1.54) is 30.3 Å². The molecule has 0 heterocycles. The number of nitro benzene ring substituents is 1. The lowest BCUT2D eigenvalue weighted by atomic mass is 10.1. The SMILES string of the molecule is CC(NC(=O)/C=C/c1ccc([N+](=O)[O-])cc1)c1ccc(F)cc1. The van der Waals surface area contributed by atoms with Crippen LogP contribution in [-0.2, 0) is 4.79 Å². The van der Waals surface area contributed by atoms with Gasteiger partial charge in [0.1, 0.15) is 5.82 Å². The Kier molecular flexibility index (Phi) is 5.19. The Labute approximate surface area is 132 Å². The molecule has 0 bridgehead atoms. The lowest BCUT2D eigenvalue weighted by Gasteiger charge is -2.12. The predicted molar refractivity (Wildman–Crippen MR) is 85.1 cm³/mol. The Morgan fingerprint density at radius 1 is 1.17 bits per heavy atom. The zero-order valence-electron chi connectivity index (χ0n) is 12.4. The van der Waals surface area contributed by atoms with E-state index < -0.39 is 4.92 Å². The smallest absolute Gasteiger partial charge is 0.269 e. The zero-order chi connectivity index (χ0) is 16.8. The topological polar surface area (TPSA) is 72.2 Å². The molecule has 0 radical (unpaired) electrons. The van der Waals surface area contributed by atoms with E-state index in [2.05, 4.69) is 5.32 Å². The lowest BCUT2D eigenvalue weighted by molar-refractivity contribution is -0.384. The van der Waals surface area contributed by atoms with Crippen molar-refractivity contribution in [2.45, 2.75) is 13.0 Å². The van der Waals surface area contributed by atoms with Gasteiger partial charge in [-0.15, -0.1) is 0 Å². The molecule has 2 rings (SSSR count). The molecule has 0 fully saturated rings. The van der Waals surface area contributed by atoms with Gasteiger partial charge in [0.2, 0.25) is 5.91 Å². The van der Waals surface area contributed by atoms with Crippen molar-refractivity contribution in [3.05, 3.63) is 81.7 Å². The predicted octanol–water partition coefficient (Wildman–Crippen LogP) is 3.62. The molecule has 6 heteroatoms. The second-order valence-electron chi connectivity index (χ2n) is 4.96. The first kappa shape index (κ1) is 16.4. The van der Waals surface area contributed by atoms with Gasteiger partial charge in [0.15, 0.2) is 0 Å². The van der Waals surface area contributed by atoms with Crippen LogP contribution in [0, 0.1) is 15.9 Å². The Balaban J connectivity index is 1.95. The Morgan fingerprint density at radius 2 is 1.78 bits per heavy atom. The summed E-state index contributed by atoms with van der Waals surface area (Å²) in [6, 6.07) is 11.5. The first-order valence-corrected chi connectivity index (χ1v) is 6.94. The van der Waals surface area contributed by atoms with E-state index in [0.717, 1.165) is 5.56 Å². The van der Waals surface area contributed by atoms with E-state index >= 15 is 0 Å². The van der Waals surface area contributed by atoms with Crippen LogP contribution in [0.4, 0.5) is 10.1 Å². The molecule has 1 unspecified atom stereocenters. The fourth-order valence-electron chi connectivity index (χ4n) is 1.98. The monoisotopic (exact) mass is 314 g/mol. The molecule has 5 nitrogen and oxygen atoms in total. The number of nitrogens with one attached hydrogen (secondary N) is 1. The van der Waals surface area contributed by atoms with Crippen LogP contribution < -0.4 is 5.32 Å². The van der Waals surface area contributed by atoms with Crippen molar-refractivity contribution in [2.75, 3.05) is 0 Å². The molecule has 0 spiro atoms. The van der Waals surface area contributed by atoms with Gasteiger partial charge in [0, 0.05) is 18.2 Å². The van der Waals surface area contributed by atoms with E-state index in [4.69, 9.17) is 0 Å². The van der Waals surface area contributed by atoms with E-state index in [0.29, 0.717) is 5.56 Å². The number of nitro groups is 1. The number of nitrogens with zero attached hydrogens (tertiary/aromatic N) is 1. The van der Waals surface area contributed by atoms with Gasteiger partial charge in [-0.1, -0.05) is 12.1 Å². The van der Waals surface area contributed by atoms with Crippen molar-refractivity contribution in [1.82, 2.24) is 5.32 Å². The number of non-ortho nitro benzene ring substituents is 1. The molecule has 2 aromatic carbocycles. The molecule has 1 atom stereocenters. The fourth-order valence-corrected chi connectivity index (χ4v) is 1.98. The standard InChI is InChI=1S/C17H15FN2O3/c1-12(14-5-7-15(18)8-6-14)19-17(21)11-4-13-2-9-16(10-3-13)20(22)23/h2-12H,1H3,(H,19,21)/b11-4+. The van der Waals surface area contributed by atoms with E-state index in [1.807, 2.05) is 0 Å². The first-order chi connectivity index (χ1) is 11.0. The maximum atomic E-state index is 12.9. The number of rotatable bonds is 5. The number of hydrogen-bond acceptors (Lipinski definition) is 3. The molecule has 0 saturated heterocycles. The summed E-state index contributed by atoms with van der Waals surface area (Å²) in [5, 5.41) is 13.3. The maximum absolute atomic E-state index is 12.9. The zero-order valence-corrected chi connectivity index (χ0v) is 12.4. The van der Waals surface area contributed by atoms with Gasteiger partial charge in [-0.05, 0) is 48.4 Å². The highest BCUT2D eigenvalue weighted by atomic mass is 19.1. The number of carbonyl (C=O) groups is 1. The normalized spacial score (nSPS) is 12.1. The Hall–Kier alpha value is -3.02. The largest absolute Gasteiger partial charge is 0.346 e. The lowest BCUT2D eigenvalue weighted by Crippen LogP contribution is -2.24. The van der Waals surface area contributed by atoms with E-state index in [9.17, 15) is 19.3 Å². The summed E-state index contributed by atoms with van der Waals surface area (Å²) >= 11 is 0. The number of halogens is 1.